The Morgan fingerprint density at radius 1 is 1.06 bits per heavy atom. The first kappa shape index (κ1) is 16.6. The lowest BCUT2D eigenvalue weighted by atomic mass is 10.2. The van der Waals surface area contributed by atoms with Crippen LogP contribution < -0.4 is 0 Å². The Balaban J connectivity index is 4.03. The van der Waals surface area contributed by atoms with Crippen LogP contribution in [0.5, 0.6) is 0 Å². The fourth-order valence-electron chi connectivity index (χ4n) is 1.14. The summed E-state index contributed by atoms with van der Waals surface area (Å²) in [7, 11) is -3.69. The molecule has 0 saturated carbocycles. The van der Waals surface area contributed by atoms with Crippen molar-refractivity contribution in [3.63, 3.8) is 0 Å². The van der Waals surface area contributed by atoms with Gasteiger partial charge in [-0.25, -0.2) is 4.57 Å². The second-order valence-electron chi connectivity index (χ2n) is 3.58. The van der Waals surface area contributed by atoms with Gasteiger partial charge in [0.05, 0.1) is 13.2 Å². The monoisotopic (exact) mass is 266 g/mol. The zero-order chi connectivity index (χ0) is 13.1. The molecule has 0 aliphatic heterocycles. The summed E-state index contributed by atoms with van der Waals surface area (Å²) >= 11 is 0. The van der Waals surface area contributed by atoms with Crippen LogP contribution in [-0.4, -0.2) is 19.2 Å². The number of phosphoric ester groups is 1. The first-order valence-corrected chi connectivity index (χ1v) is 7.65. The molecule has 0 aromatic heterocycles. The van der Waals surface area contributed by atoms with Crippen LogP contribution in [0.25, 0.3) is 0 Å². The van der Waals surface area contributed by atoms with Crippen molar-refractivity contribution in [1.29, 1.82) is 0 Å². The molecule has 1 atom stereocenters. The van der Waals surface area contributed by atoms with Gasteiger partial charge in [0.2, 0.25) is 0 Å². The minimum absolute atomic E-state index is 0.149. The van der Waals surface area contributed by atoms with Crippen molar-refractivity contribution in [2.75, 3.05) is 13.2 Å². The Bertz CT molecular complexity index is 254. The molecule has 102 valence electrons. The van der Waals surface area contributed by atoms with Gasteiger partial charge >= 0.3 is 13.8 Å². The molecule has 0 spiro atoms. The highest BCUT2D eigenvalue weighted by molar-refractivity contribution is 7.49. The average molecular weight is 266 g/mol. The Hall–Kier alpha value is -0.380. The molecule has 0 heterocycles. The van der Waals surface area contributed by atoms with Crippen molar-refractivity contribution >= 4 is 13.8 Å². The molecule has 0 amide bonds. The van der Waals surface area contributed by atoms with Crippen LogP contribution in [0, 0.1) is 0 Å². The fourth-order valence-corrected chi connectivity index (χ4v) is 2.37. The van der Waals surface area contributed by atoms with E-state index in [1.165, 1.54) is 0 Å². The third kappa shape index (κ3) is 8.36. The Kier molecular flexibility index (Phi) is 9.41. The summed E-state index contributed by atoms with van der Waals surface area (Å²) in [5.41, 5.74) is 0. The topological polar surface area (TPSA) is 61.8 Å². The van der Waals surface area contributed by atoms with Crippen molar-refractivity contribution < 1.29 is 22.9 Å². The average Bonchev–Trinajstić information content (AvgIpc) is 2.29. The van der Waals surface area contributed by atoms with Gasteiger partial charge in [-0.05, 0) is 13.3 Å². The SMILES string of the molecule is CCCCCCOP(=O)(OCC)OC(=O)CC. The van der Waals surface area contributed by atoms with E-state index in [0.29, 0.717) is 0 Å². The maximum absolute atomic E-state index is 11.9. The van der Waals surface area contributed by atoms with Crippen LogP contribution in [0.3, 0.4) is 0 Å². The molecule has 0 N–H and O–H groups in total. The highest BCUT2D eigenvalue weighted by Gasteiger charge is 2.29. The number of carbonyl (C=O) groups excluding carboxylic acids is 1. The molecule has 5 nitrogen and oxygen atoms in total. The molecule has 0 fully saturated rings. The predicted molar refractivity (Wildman–Crippen MR) is 65.7 cm³/mol. The molecular formula is C11H23O5P. The molecule has 0 rings (SSSR count). The van der Waals surface area contributed by atoms with Crippen LogP contribution in [-0.2, 0) is 22.9 Å². The second kappa shape index (κ2) is 9.63. The number of unbranched alkanes of at least 4 members (excludes halogenated alkanes) is 3. The Morgan fingerprint density at radius 3 is 2.29 bits per heavy atom. The number of carbonyl (C=O) groups is 1. The lowest BCUT2D eigenvalue weighted by Gasteiger charge is -2.16. The van der Waals surface area contributed by atoms with E-state index >= 15 is 0 Å². The number of hydrogen-bond donors (Lipinski definition) is 0. The van der Waals surface area contributed by atoms with Gasteiger partial charge in [0.1, 0.15) is 0 Å². The molecule has 6 heteroatoms. The third-order valence-corrected chi connectivity index (χ3v) is 3.54. The van der Waals surface area contributed by atoms with E-state index in [-0.39, 0.29) is 19.6 Å². The highest BCUT2D eigenvalue weighted by Crippen LogP contribution is 2.49. The molecular weight excluding hydrogens is 243 g/mol. The van der Waals surface area contributed by atoms with E-state index in [1.807, 2.05) is 0 Å². The predicted octanol–water partition coefficient (Wildman–Crippen LogP) is 3.68. The molecule has 0 radical (unpaired) electrons. The van der Waals surface area contributed by atoms with Crippen molar-refractivity contribution in [2.24, 2.45) is 0 Å². The van der Waals surface area contributed by atoms with Gasteiger partial charge in [-0.15, -0.1) is 0 Å². The van der Waals surface area contributed by atoms with Crippen LogP contribution in [0.2, 0.25) is 0 Å². The summed E-state index contributed by atoms with van der Waals surface area (Å²) < 4.78 is 26.6. The van der Waals surface area contributed by atoms with Gasteiger partial charge in [-0.2, -0.15) is 0 Å². The van der Waals surface area contributed by atoms with Crippen LogP contribution in [0.15, 0.2) is 0 Å². The zero-order valence-corrected chi connectivity index (χ0v) is 11.8. The maximum Gasteiger partial charge on any atom is 0.532 e. The molecule has 0 aromatic rings. The first-order valence-electron chi connectivity index (χ1n) is 6.19. The number of hydrogen-bond acceptors (Lipinski definition) is 5. The van der Waals surface area contributed by atoms with Crippen molar-refractivity contribution in [3.8, 4) is 0 Å². The number of phosphoric acid groups is 1. The van der Waals surface area contributed by atoms with Gasteiger partial charge in [0, 0.05) is 6.42 Å². The maximum atomic E-state index is 11.9. The first-order chi connectivity index (χ1) is 8.08. The van der Waals surface area contributed by atoms with Crippen LogP contribution in [0.4, 0.5) is 0 Å². The molecule has 0 bridgehead atoms. The summed E-state index contributed by atoms with van der Waals surface area (Å²) in [6, 6.07) is 0. The summed E-state index contributed by atoms with van der Waals surface area (Å²) in [4.78, 5) is 11.1. The van der Waals surface area contributed by atoms with E-state index in [1.54, 1.807) is 13.8 Å². The standard InChI is InChI=1S/C11H23O5P/c1-4-7-8-9-10-15-17(13,14-6-3)16-11(12)5-2/h4-10H2,1-3H3. The van der Waals surface area contributed by atoms with Crippen molar-refractivity contribution in [1.82, 2.24) is 0 Å². The Morgan fingerprint density at radius 2 is 1.76 bits per heavy atom. The zero-order valence-electron chi connectivity index (χ0n) is 10.9. The van der Waals surface area contributed by atoms with E-state index < -0.39 is 13.8 Å². The lowest BCUT2D eigenvalue weighted by Crippen LogP contribution is -2.06. The smallest absolute Gasteiger partial charge is 0.370 e. The second-order valence-corrected chi connectivity index (χ2v) is 5.17. The van der Waals surface area contributed by atoms with Gasteiger partial charge < -0.3 is 4.52 Å². The largest absolute Gasteiger partial charge is 0.532 e. The van der Waals surface area contributed by atoms with Crippen LogP contribution >= 0.6 is 7.82 Å². The molecule has 1 unspecified atom stereocenters. The van der Waals surface area contributed by atoms with Gasteiger partial charge in [0.15, 0.2) is 0 Å². The number of rotatable bonds is 10. The minimum Gasteiger partial charge on any atom is -0.370 e. The minimum atomic E-state index is -3.69. The Labute approximate surface area is 103 Å². The quantitative estimate of drug-likeness (QED) is 0.446. The molecule has 0 aromatic carbocycles. The van der Waals surface area contributed by atoms with Gasteiger partial charge in [-0.3, -0.25) is 13.8 Å². The van der Waals surface area contributed by atoms with E-state index in [4.69, 9.17) is 13.6 Å². The molecule has 0 aliphatic carbocycles. The molecule has 0 aliphatic rings. The van der Waals surface area contributed by atoms with Crippen LogP contribution in [0.1, 0.15) is 52.9 Å². The van der Waals surface area contributed by atoms with E-state index in [9.17, 15) is 9.36 Å². The molecule has 17 heavy (non-hydrogen) atoms. The highest BCUT2D eigenvalue weighted by atomic mass is 31.2. The van der Waals surface area contributed by atoms with Crippen molar-refractivity contribution in [3.05, 3.63) is 0 Å². The fraction of sp³-hybridized carbons (Fsp3) is 0.909. The summed E-state index contributed by atoms with van der Waals surface area (Å²) in [5, 5.41) is 0. The van der Waals surface area contributed by atoms with Gasteiger partial charge in [-0.1, -0.05) is 33.1 Å². The molecule has 0 saturated heterocycles. The summed E-state index contributed by atoms with van der Waals surface area (Å²) in [5.74, 6) is -0.574. The van der Waals surface area contributed by atoms with E-state index in [2.05, 4.69) is 6.92 Å². The summed E-state index contributed by atoms with van der Waals surface area (Å²) in [6.07, 6.45) is 4.17. The van der Waals surface area contributed by atoms with Gasteiger partial charge in [0.25, 0.3) is 0 Å². The third-order valence-electron chi connectivity index (χ3n) is 2.04. The lowest BCUT2D eigenvalue weighted by molar-refractivity contribution is -0.136. The normalized spacial score (nSPS) is 14.3. The van der Waals surface area contributed by atoms with E-state index in [0.717, 1.165) is 25.7 Å². The summed E-state index contributed by atoms with van der Waals surface area (Å²) in [6.45, 7) is 5.87. The van der Waals surface area contributed by atoms with Crippen molar-refractivity contribution in [2.45, 2.75) is 52.9 Å².